The number of carboxylic acid groups (broad SMARTS) is 1. The van der Waals surface area contributed by atoms with E-state index < -0.39 is 17.7 Å². The fourth-order valence-electron chi connectivity index (χ4n) is 2.74. The summed E-state index contributed by atoms with van der Waals surface area (Å²) in [6, 6.07) is 9.65. The van der Waals surface area contributed by atoms with Crippen molar-refractivity contribution in [3.8, 4) is 17.0 Å². The molecule has 0 aliphatic carbocycles. The third kappa shape index (κ3) is 4.23. The number of aromatic carboxylic acids is 1. The van der Waals surface area contributed by atoms with E-state index in [1.807, 2.05) is 0 Å². The lowest BCUT2D eigenvalue weighted by Gasteiger charge is -2.04. The molecule has 8 nitrogen and oxygen atoms in total. The summed E-state index contributed by atoms with van der Waals surface area (Å²) < 4.78 is 15.2. The summed E-state index contributed by atoms with van der Waals surface area (Å²) in [6.07, 6.45) is 0. The van der Waals surface area contributed by atoms with Crippen molar-refractivity contribution < 1.29 is 24.2 Å². The summed E-state index contributed by atoms with van der Waals surface area (Å²) in [6.45, 7) is 1.56. The third-order valence-electron chi connectivity index (χ3n) is 4.28. The molecule has 3 rings (SSSR count). The van der Waals surface area contributed by atoms with E-state index in [0.717, 1.165) is 0 Å². The molecule has 0 unspecified atom stereocenters. The lowest BCUT2D eigenvalue weighted by molar-refractivity contribution is 0.0696. The molecule has 0 aliphatic heterocycles. The summed E-state index contributed by atoms with van der Waals surface area (Å²) in [4.78, 5) is 23.1. The molecule has 0 aliphatic rings. The Morgan fingerprint density at radius 2 is 1.80 bits per heavy atom. The quantitative estimate of drug-likeness (QED) is 0.386. The van der Waals surface area contributed by atoms with Gasteiger partial charge in [-0.1, -0.05) is 0 Å². The average Bonchev–Trinajstić information content (AvgIpc) is 3.02. The minimum Gasteiger partial charge on any atom is -0.504 e. The number of aryl methyl sites for hydroxylation is 1. The Bertz CT molecular complexity index is 1170. The number of nitrogens with one attached hydrogen (secondary N) is 1. The van der Waals surface area contributed by atoms with Crippen LogP contribution in [-0.2, 0) is 7.05 Å². The van der Waals surface area contributed by atoms with Crippen molar-refractivity contribution in [3.63, 3.8) is 0 Å². The molecular formula is C20H16BrFN4O4. The number of hydrazone groups is 1. The van der Waals surface area contributed by atoms with Crippen LogP contribution < -0.4 is 5.43 Å². The standard InChI is InChI=1S/C20H16BrFN4O4/c1-10(23-24-19(28)11-3-5-12(6-4-11)20(29)30)16-18(27)17(26(2)25-16)13-7-8-15(22)14(21)9-13/h3-9,27H,1-2H3,(H,24,28)(H,29,30)/b23-10-. The van der Waals surface area contributed by atoms with E-state index in [1.54, 1.807) is 14.0 Å². The number of rotatable bonds is 5. The van der Waals surface area contributed by atoms with Gasteiger partial charge in [-0.15, -0.1) is 0 Å². The van der Waals surface area contributed by atoms with Crippen molar-refractivity contribution in [2.75, 3.05) is 0 Å². The molecule has 0 radical (unpaired) electrons. The first kappa shape index (κ1) is 21.2. The predicted octanol–water partition coefficient (Wildman–Crippen LogP) is 3.55. The van der Waals surface area contributed by atoms with Gasteiger partial charge >= 0.3 is 5.97 Å². The second kappa shape index (κ2) is 8.46. The van der Waals surface area contributed by atoms with Crippen molar-refractivity contribution in [1.29, 1.82) is 0 Å². The summed E-state index contributed by atoms with van der Waals surface area (Å²) in [5, 5.41) is 27.7. The molecule has 3 N–H and O–H groups in total. The van der Waals surface area contributed by atoms with Gasteiger partial charge in [0, 0.05) is 18.2 Å². The summed E-state index contributed by atoms with van der Waals surface area (Å²) in [5.74, 6) is -2.25. The van der Waals surface area contributed by atoms with Crippen LogP contribution in [0.25, 0.3) is 11.3 Å². The lowest BCUT2D eigenvalue weighted by atomic mass is 10.1. The van der Waals surface area contributed by atoms with Crippen molar-refractivity contribution in [1.82, 2.24) is 15.2 Å². The van der Waals surface area contributed by atoms with Crippen LogP contribution in [0.4, 0.5) is 4.39 Å². The number of carboxylic acids is 1. The molecular weight excluding hydrogens is 459 g/mol. The third-order valence-corrected chi connectivity index (χ3v) is 4.88. The van der Waals surface area contributed by atoms with E-state index in [2.05, 4.69) is 31.6 Å². The number of nitrogens with zero attached hydrogens (tertiary/aromatic N) is 3. The predicted molar refractivity (Wildman–Crippen MR) is 111 cm³/mol. The van der Waals surface area contributed by atoms with E-state index in [4.69, 9.17) is 5.11 Å². The zero-order valence-corrected chi connectivity index (χ0v) is 17.4. The minimum absolute atomic E-state index is 0.0598. The van der Waals surface area contributed by atoms with Crippen LogP contribution in [-0.4, -0.2) is 37.6 Å². The van der Waals surface area contributed by atoms with Crippen LogP contribution in [0.2, 0.25) is 0 Å². The molecule has 1 heterocycles. The molecule has 3 aromatic rings. The van der Waals surface area contributed by atoms with Gasteiger partial charge in [0.05, 0.1) is 15.7 Å². The highest BCUT2D eigenvalue weighted by atomic mass is 79.9. The fraction of sp³-hybridized carbons (Fsp3) is 0.100. The van der Waals surface area contributed by atoms with Crippen LogP contribution in [0.15, 0.2) is 52.0 Å². The zero-order valence-electron chi connectivity index (χ0n) is 15.8. The Balaban J connectivity index is 1.83. The fourth-order valence-corrected chi connectivity index (χ4v) is 3.12. The van der Waals surface area contributed by atoms with E-state index >= 15 is 0 Å². The molecule has 1 amide bonds. The van der Waals surface area contributed by atoms with Crippen molar-refractivity contribution >= 4 is 33.5 Å². The van der Waals surface area contributed by atoms with Crippen molar-refractivity contribution in [2.45, 2.75) is 6.92 Å². The van der Waals surface area contributed by atoms with Gasteiger partial charge in [-0.25, -0.2) is 14.6 Å². The molecule has 10 heteroatoms. The highest BCUT2D eigenvalue weighted by molar-refractivity contribution is 9.10. The van der Waals surface area contributed by atoms with E-state index in [-0.39, 0.29) is 32.8 Å². The van der Waals surface area contributed by atoms with Crippen LogP contribution in [0.5, 0.6) is 5.75 Å². The second-order valence-electron chi connectivity index (χ2n) is 6.32. The summed E-state index contributed by atoms with van der Waals surface area (Å²) in [5.41, 5.74) is 3.91. The first-order chi connectivity index (χ1) is 14.2. The largest absolute Gasteiger partial charge is 0.504 e. The molecule has 0 fully saturated rings. The number of carbonyl (C=O) groups excluding carboxylic acids is 1. The van der Waals surface area contributed by atoms with Crippen LogP contribution in [0, 0.1) is 5.82 Å². The van der Waals surface area contributed by atoms with Gasteiger partial charge in [0.25, 0.3) is 5.91 Å². The molecule has 2 aromatic carbocycles. The number of hydrogen-bond acceptors (Lipinski definition) is 5. The van der Waals surface area contributed by atoms with Crippen molar-refractivity contribution in [2.24, 2.45) is 12.1 Å². The number of aromatic nitrogens is 2. The number of hydrogen-bond donors (Lipinski definition) is 3. The average molecular weight is 475 g/mol. The van der Waals surface area contributed by atoms with Crippen LogP contribution in [0.1, 0.15) is 33.3 Å². The van der Waals surface area contributed by atoms with Gasteiger partial charge in [-0.3, -0.25) is 9.48 Å². The van der Waals surface area contributed by atoms with Gasteiger partial charge < -0.3 is 10.2 Å². The monoisotopic (exact) mass is 474 g/mol. The molecule has 0 spiro atoms. The van der Waals surface area contributed by atoms with Gasteiger partial charge in [-0.05, 0) is 65.3 Å². The highest BCUT2D eigenvalue weighted by Crippen LogP contribution is 2.34. The maximum absolute atomic E-state index is 13.5. The maximum Gasteiger partial charge on any atom is 0.335 e. The Morgan fingerprint density at radius 3 is 2.40 bits per heavy atom. The van der Waals surface area contributed by atoms with Gasteiger partial charge in [0.1, 0.15) is 11.5 Å². The maximum atomic E-state index is 13.5. The second-order valence-corrected chi connectivity index (χ2v) is 7.17. The van der Waals surface area contributed by atoms with Crippen LogP contribution >= 0.6 is 15.9 Å². The van der Waals surface area contributed by atoms with E-state index in [0.29, 0.717) is 11.3 Å². The smallest absolute Gasteiger partial charge is 0.335 e. The normalized spacial score (nSPS) is 11.4. The Hall–Kier alpha value is -3.53. The summed E-state index contributed by atoms with van der Waals surface area (Å²) >= 11 is 3.11. The number of benzene rings is 2. The molecule has 0 saturated heterocycles. The Kier molecular flexibility index (Phi) is 5.97. The van der Waals surface area contributed by atoms with E-state index in [9.17, 15) is 19.1 Å². The lowest BCUT2D eigenvalue weighted by Crippen LogP contribution is -2.19. The molecule has 154 valence electrons. The molecule has 1 aromatic heterocycles. The molecule has 30 heavy (non-hydrogen) atoms. The first-order valence-corrected chi connectivity index (χ1v) is 9.38. The van der Waals surface area contributed by atoms with Crippen LogP contribution in [0.3, 0.4) is 0 Å². The number of aromatic hydroxyl groups is 1. The van der Waals surface area contributed by atoms with Gasteiger partial charge in [0.15, 0.2) is 11.4 Å². The van der Waals surface area contributed by atoms with Gasteiger partial charge in [0.2, 0.25) is 0 Å². The Morgan fingerprint density at radius 1 is 1.17 bits per heavy atom. The molecule has 0 bridgehead atoms. The first-order valence-electron chi connectivity index (χ1n) is 8.58. The SMILES string of the molecule is C/C(=N/NC(=O)c1ccc(C(=O)O)cc1)c1nn(C)c(-c2ccc(F)c(Br)c2)c1O. The zero-order chi connectivity index (χ0) is 22.0. The molecule has 0 atom stereocenters. The minimum atomic E-state index is -1.09. The summed E-state index contributed by atoms with van der Waals surface area (Å²) in [7, 11) is 1.62. The van der Waals surface area contributed by atoms with Gasteiger partial charge in [-0.2, -0.15) is 10.2 Å². The number of halogens is 2. The number of amides is 1. The highest BCUT2D eigenvalue weighted by Gasteiger charge is 2.20. The van der Waals surface area contributed by atoms with Crippen molar-refractivity contribution in [3.05, 3.63) is 69.6 Å². The molecule has 0 saturated carbocycles. The Labute approximate surface area is 178 Å². The number of carbonyl (C=O) groups is 2. The van der Waals surface area contributed by atoms with E-state index in [1.165, 1.54) is 47.1 Å². The topological polar surface area (TPSA) is 117 Å².